The Morgan fingerprint density at radius 1 is 0.944 bits per heavy atom. The Morgan fingerprint density at radius 2 is 1.53 bits per heavy atom. The van der Waals surface area contributed by atoms with E-state index in [1.54, 1.807) is 16.7 Å². The first-order chi connectivity index (χ1) is 17.0. The standard InChI is InChI=1S/C27H27ClFN5O.CH4/c1-2-24-26(34-18-20(28)5-12-25(34)31-24)27(35)30-17-19-3-8-22(9-4-19)32-13-15-33(16-14-32)23-10-6-21(29)7-11-23;/h3-12,18H,2,13-17H2,1H3,(H,30,35);1H4. The van der Waals surface area contributed by atoms with Crippen LogP contribution >= 0.6 is 11.6 Å². The van der Waals surface area contributed by atoms with Crippen molar-refractivity contribution in [1.82, 2.24) is 14.7 Å². The van der Waals surface area contributed by atoms with Crippen LogP contribution in [-0.4, -0.2) is 41.5 Å². The molecule has 1 N–H and O–H groups in total. The highest BCUT2D eigenvalue weighted by molar-refractivity contribution is 6.30. The van der Waals surface area contributed by atoms with Gasteiger partial charge in [-0.25, -0.2) is 9.37 Å². The van der Waals surface area contributed by atoms with Crippen LogP contribution in [0.1, 0.15) is 36.1 Å². The fourth-order valence-electron chi connectivity index (χ4n) is 4.52. The number of aryl methyl sites for hydroxylation is 1. The fraction of sp³-hybridized carbons (Fsp3) is 0.286. The van der Waals surface area contributed by atoms with Crippen molar-refractivity contribution in [2.45, 2.75) is 27.3 Å². The first-order valence-corrected chi connectivity index (χ1v) is 12.2. The Balaban J connectivity index is 0.00000304. The van der Waals surface area contributed by atoms with Crippen LogP contribution in [-0.2, 0) is 13.0 Å². The summed E-state index contributed by atoms with van der Waals surface area (Å²) >= 11 is 6.14. The molecule has 4 aromatic rings. The van der Waals surface area contributed by atoms with Crippen LogP contribution in [0.3, 0.4) is 0 Å². The molecule has 0 spiro atoms. The molecular weight excluding hydrogens is 477 g/mol. The second-order valence-corrected chi connectivity index (χ2v) is 9.07. The lowest BCUT2D eigenvalue weighted by Crippen LogP contribution is -2.46. The fourth-order valence-corrected chi connectivity index (χ4v) is 4.68. The lowest BCUT2D eigenvalue weighted by atomic mass is 10.1. The predicted molar refractivity (Wildman–Crippen MR) is 145 cm³/mol. The molecule has 0 radical (unpaired) electrons. The van der Waals surface area contributed by atoms with Gasteiger partial charge in [0, 0.05) is 50.3 Å². The maximum atomic E-state index is 13.2. The normalized spacial score (nSPS) is 13.5. The highest BCUT2D eigenvalue weighted by Gasteiger charge is 2.19. The lowest BCUT2D eigenvalue weighted by Gasteiger charge is -2.37. The summed E-state index contributed by atoms with van der Waals surface area (Å²) in [6, 6.07) is 18.6. The molecule has 0 unspecified atom stereocenters. The Bertz CT molecular complexity index is 1330. The van der Waals surface area contributed by atoms with E-state index in [9.17, 15) is 9.18 Å². The van der Waals surface area contributed by atoms with E-state index in [0.29, 0.717) is 29.3 Å². The lowest BCUT2D eigenvalue weighted by molar-refractivity contribution is 0.0944. The molecule has 6 nitrogen and oxygen atoms in total. The number of anilines is 2. The van der Waals surface area contributed by atoms with Crippen molar-refractivity contribution in [3.63, 3.8) is 0 Å². The molecule has 1 fully saturated rings. The van der Waals surface area contributed by atoms with Gasteiger partial charge in [0.05, 0.1) is 10.7 Å². The Labute approximate surface area is 216 Å². The van der Waals surface area contributed by atoms with Crippen LogP contribution in [0.25, 0.3) is 5.65 Å². The number of aromatic nitrogens is 2. The number of piperazine rings is 1. The maximum Gasteiger partial charge on any atom is 0.270 e. The van der Waals surface area contributed by atoms with Gasteiger partial charge in [0.2, 0.25) is 0 Å². The van der Waals surface area contributed by atoms with Crippen molar-refractivity contribution in [3.05, 3.63) is 94.7 Å². The van der Waals surface area contributed by atoms with Crippen LogP contribution in [0.15, 0.2) is 66.9 Å². The van der Waals surface area contributed by atoms with Crippen molar-refractivity contribution >= 4 is 34.5 Å². The Morgan fingerprint density at radius 3 is 2.11 bits per heavy atom. The maximum absolute atomic E-state index is 13.2. The topological polar surface area (TPSA) is 52.9 Å². The second-order valence-electron chi connectivity index (χ2n) is 8.64. The van der Waals surface area contributed by atoms with E-state index in [4.69, 9.17) is 11.6 Å². The molecule has 2 aromatic carbocycles. The quantitative estimate of drug-likeness (QED) is 0.370. The minimum Gasteiger partial charge on any atom is -0.368 e. The SMILES string of the molecule is C.CCc1nc2ccc(Cl)cn2c1C(=O)NCc1ccc(N2CCN(c3ccc(F)cc3)CC2)cc1. The van der Waals surface area contributed by atoms with Gasteiger partial charge in [0.15, 0.2) is 0 Å². The van der Waals surface area contributed by atoms with E-state index in [1.807, 2.05) is 37.3 Å². The van der Waals surface area contributed by atoms with Crippen molar-refractivity contribution in [2.75, 3.05) is 36.0 Å². The number of benzene rings is 2. The number of carbonyl (C=O) groups excluding carboxylic acids is 1. The number of hydrogen-bond donors (Lipinski definition) is 1. The van der Waals surface area contributed by atoms with Crippen molar-refractivity contribution in [3.8, 4) is 0 Å². The number of imidazole rings is 1. The highest BCUT2D eigenvalue weighted by Crippen LogP contribution is 2.22. The summed E-state index contributed by atoms with van der Waals surface area (Å²) < 4.78 is 14.9. The summed E-state index contributed by atoms with van der Waals surface area (Å²) in [6.45, 7) is 5.96. The van der Waals surface area contributed by atoms with E-state index in [0.717, 1.165) is 48.8 Å². The number of hydrogen-bond acceptors (Lipinski definition) is 4. The third-order valence-corrected chi connectivity index (χ3v) is 6.65. The van der Waals surface area contributed by atoms with Crippen LogP contribution in [0.5, 0.6) is 0 Å². The molecule has 5 rings (SSSR count). The molecule has 1 saturated heterocycles. The number of amides is 1. The summed E-state index contributed by atoms with van der Waals surface area (Å²) in [4.78, 5) is 22.2. The monoisotopic (exact) mass is 507 g/mol. The first-order valence-electron chi connectivity index (χ1n) is 11.8. The van der Waals surface area contributed by atoms with E-state index >= 15 is 0 Å². The highest BCUT2D eigenvalue weighted by atomic mass is 35.5. The van der Waals surface area contributed by atoms with Gasteiger partial charge in [-0.2, -0.15) is 0 Å². The molecule has 1 aliphatic heterocycles. The molecule has 0 aliphatic carbocycles. The summed E-state index contributed by atoms with van der Waals surface area (Å²) in [7, 11) is 0. The molecule has 0 saturated carbocycles. The smallest absolute Gasteiger partial charge is 0.270 e. The predicted octanol–water partition coefficient (Wildman–Crippen LogP) is 5.58. The zero-order valence-electron chi connectivity index (χ0n) is 19.5. The van der Waals surface area contributed by atoms with Gasteiger partial charge in [-0.3, -0.25) is 9.20 Å². The van der Waals surface area contributed by atoms with Gasteiger partial charge in [0.25, 0.3) is 5.91 Å². The molecule has 36 heavy (non-hydrogen) atoms. The second kappa shape index (κ2) is 11.0. The average Bonchev–Trinajstić information content (AvgIpc) is 3.26. The number of pyridine rings is 1. The van der Waals surface area contributed by atoms with Gasteiger partial charge < -0.3 is 15.1 Å². The van der Waals surface area contributed by atoms with Crippen molar-refractivity contribution in [2.24, 2.45) is 0 Å². The molecule has 1 aliphatic rings. The molecule has 8 heteroatoms. The molecule has 3 heterocycles. The van der Waals surface area contributed by atoms with E-state index in [1.165, 1.54) is 12.1 Å². The molecule has 188 valence electrons. The number of rotatable bonds is 6. The summed E-state index contributed by atoms with van der Waals surface area (Å²) in [5.41, 5.74) is 5.22. The largest absolute Gasteiger partial charge is 0.368 e. The minimum atomic E-state index is -0.211. The van der Waals surface area contributed by atoms with Crippen molar-refractivity contribution in [1.29, 1.82) is 0 Å². The van der Waals surface area contributed by atoms with Gasteiger partial charge in [0.1, 0.15) is 17.2 Å². The summed E-state index contributed by atoms with van der Waals surface area (Å²) in [5.74, 6) is -0.380. The molecule has 0 bridgehead atoms. The number of fused-ring (bicyclic) bond motifs is 1. The van der Waals surface area contributed by atoms with Crippen molar-refractivity contribution < 1.29 is 9.18 Å². The van der Waals surface area contributed by atoms with Crippen LogP contribution in [0, 0.1) is 5.82 Å². The molecule has 0 atom stereocenters. The van der Waals surface area contributed by atoms with Gasteiger partial charge in [-0.15, -0.1) is 0 Å². The number of carbonyl (C=O) groups is 1. The van der Waals surface area contributed by atoms with Crippen LogP contribution < -0.4 is 15.1 Å². The van der Waals surface area contributed by atoms with Crippen LogP contribution in [0.2, 0.25) is 5.02 Å². The first kappa shape index (κ1) is 25.5. The molecule has 2 aromatic heterocycles. The third kappa shape index (κ3) is 5.31. The van der Waals surface area contributed by atoms with Gasteiger partial charge >= 0.3 is 0 Å². The van der Waals surface area contributed by atoms with E-state index in [-0.39, 0.29) is 19.2 Å². The number of nitrogens with one attached hydrogen (secondary N) is 1. The molecular formula is C28H31ClFN5O. The number of halogens is 2. The minimum absolute atomic E-state index is 0. The number of nitrogens with zero attached hydrogens (tertiary/aromatic N) is 4. The summed E-state index contributed by atoms with van der Waals surface area (Å²) in [5, 5.41) is 3.58. The molecule has 1 amide bonds. The zero-order chi connectivity index (χ0) is 24.4. The van der Waals surface area contributed by atoms with E-state index in [2.05, 4.69) is 32.2 Å². The Kier molecular flexibility index (Phi) is 7.79. The summed E-state index contributed by atoms with van der Waals surface area (Å²) in [6.07, 6.45) is 2.38. The average molecular weight is 508 g/mol. The van der Waals surface area contributed by atoms with E-state index < -0.39 is 0 Å². The third-order valence-electron chi connectivity index (χ3n) is 6.43. The van der Waals surface area contributed by atoms with Gasteiger partial charge in [-0.1, -0.05) is 38.1 Å². The van der Waals surface area contributed by atoms with Crippen LogP contribution in [0.4, 0.5) is 15.8 Å². The zero-order valence-corrected chi connectivity index (χ0v) is 20.3. The Hall–Kier alpha value is -3.58. The van der Waals surface area contributed by atoms with Gasteiger partial charge in [-0.05, 0) is 60.5 Å².